The predicted molar refractivity (Wildman–Crippen MR) is 110 cm³/mol. The van der Waals surface area contributed by atoms with E-state index in [2.05, 4.69) is 32.9 Å². The van der Waals surface area contributed by atoms with Gasteiger partial charge < -0.3 is 10.7 Å². The van der Waals surface area contributed by atoms with Crippen molar-refractivity contribution in [2.75, 3.05) is 0 Å². The number of H-pyrrole nitrogens is 1. The first kappa shape index (κ1) is 17.6. The van der Waals surface area contributed by atoms with Gasteiger partial charge in [-0.25, -0.2) is 15.0 Å². The van der Waals surface area contributed by atoms with Crippen LogP contribution in [0.2, 0.25) is 0 Å². The van der Waals surface area contributed by atoms with E-state index in [0.717, 1.165) is 51.1 Å². The molecule has 3 N–H and O–H groups in total. The lowest BCUT2D eigenvalue weighted by molar-refractivity contribution is -0.113. The minimum atomic E-state index is -0.471. The largest absolute Gasteiger partial charge is 0.366 e. The van der Waals surface area contributed by atoms with E-state index < -0.39 is 5.91 Å². The fraction of sp³-hybridized carbons (Fsp3) is 0.0909. The van der Waals surface area contributed by atoms with Crippen LogP contribution in [0.4, 0.5) is 0 Å². The Balaban J connectivity index is 1.78. The second-order valence-corrected chi connectivity index (χ2v) is 6.43. The van der Waals surface area contributed by atoms with E-state index in [9.17, 15) is 4.79 Å². The van der Waals surface area contributed by atoms with E-state index in [1.54, 1.807) is 12.4 Å². The Labute approximate surface area is 162 Å². The van der Waals surface area contributed by atoms with E-state index in [-0.39, 0.29) is 0 Å². The molecule has 28 heavy (non-hydrogen) atoms. The number of benzene rings is 1. The Morgan fingerprint density at radius 2 is 2.04 bits per heavy atom. The lowest BCUT2D eigenvalue weighted by atomic mass is 10.0. The monoisotopic (exact) mass is 369 g/mol. The molecule has 0 aliphatic rings. The summed E-state index contributed by atoms with van der Waals surface area (Å²) in [6, 6.07) is 12.0. The van der Waals surface area contributed by atoms with Gasteiger partial charge >= 0.3 is 0 Å². The minimum absolute atomic E-state index is 0.471. The van der Waals surface area contributed by atoms with Crippen molar-refractivity contribution < 1.29 is 4.79 Å². The van der Waals surface area contributed by atoms with Gasteiger partial charge in [0, 0.05) is 40.7 Å². The summed E-state index contributed by atoms with van der Waals surface area (Å²) in [6.07, 6.45) is 9.26. The molecule has 0 saturated carbocycles. The molecule has 0 saturated heterocycles. The van der Waals surface area contributed by atoms with Gasteiger partial charge in [0.05, 0.1) is 5.69 Å². The average molecular weight is 369 g/mol. The number of amides is 1. The standard InChI is InChI=1S/C22H19N5O/c1-2-17-10-20(27-13-26-17)19-12-25-22-18(19)9-16(11-24-22)15-5-3-4-14(8-15)6-7-21(23)28/h3-13H,2H2,1H3,(H2,23,28)(H,24,25)/b7-6+. The summed E-state index contributed by atoms with van der Waals surface area (Å²) in [4.78, 5) is 27.4. The Morgan fingerprint density at radius 1 is 1.14 bits per heavy atom. The summed E-state index contributed by atoms with van der Waals surface area (Å²) < 4.78 is 0. The zero-order valence-corrected chi connectivity index (χ0v) is 15.4. The number of hydrogen-bond acceptors (Lipinski definition) is 4. The van der Waals surface area contributed by atoms with E-state index in [1.165, 1.54) is 6.08 Å². The summed E-state index contributed by atoms with van der Waals surface area (Å²) in [6.45, 7) is 2.07. The number of rotatable bonds is 5. The fourth-order valence-corrected chi connectivity index (χ4v) is 3.11. The highest BCUT2D eigenvalue weighted by atomic mass is 16.1. The zero-order chi connectivity index (χ0) is 19.5. The van der Waals surface area contributed by atoms with Crippen molar-refractivity contribution in [3.05, 3.63) is 72.5 Å². The van der Waals surface area contributed by atoms with Crippen molar-refractivity contribution in [1.29, 1.82) is 0 Å². The molecule has 0 radical (unpaired) electrons. The first-order chi connectivity index (χ1) is 13.6. The number of pyridine rings is 1. The number of aromatic nitrogens is 4. The number of aromatic amines is 1. The smallest absolute Gasteiger partial charge is 0.241 e. The lowest BCUT2D eigenvalue weighted by Gasteiger charge is -2.05. The van der Waals surface area contributed by atoms with E-state index >= 15 is 0 Å². The number of primary amides is 1. The van der Waals surface area contributed by atoms with Gasteiger partial charge in [0.2, 0.25) is 5.91 Å². The Hall–Kier alpha value is -3.80. The molecule has 6 heteroatoms. The van der Waals surface area contributed by atoms with Crippen LogP contribution in [-0.2, 0) is 11.2 Å². The Kier molecular flexibility index (Phi) is 4.68. The molecule has 4 rings (SSSR count). The van der Waals surface area contributed by atoms with Crippen LogP contribution in [-0.4, -0.2) is 25.8 Å². The van der Waals surface area contributed by atoms with Crippen molar-refractivity contribution in [3.8, 4) is 22.4 Å². The second-order valence-electron chi connectivity index (χ2n) is 6.43. The molecule has 3 aromatic heterocycles. The van der Waals surface area contributed by atoms with Gasteiger partial charge in [0.25, 0.3) is 0 Å². The maximum Gasteiger partial charge on any atom is 0.241 e. The van der Waals surface area contributed by atoms with Crippen LogP contribution in [0.3, 0.4) is 0 Å². The van der Waals surface area contributed by atoms with Crippen LogP contribution < -0.4 is 5.73 Å². The Bertz CT molecular complexity index is 1190. The molecule has 0 aliphatic carbocycles. The van der Waals surface area contributed by atoms with Crippen LogP contribution in [0.5, 0.6) is 0 Å². The quantitative estimate of drug-likeness (QED) is 0.524. The summed E-state index contributed by atoms with van der Waals surface area (Å²) in [5, 5.41) is 0.997. The topological polar surface area (TPSA) is 97.6 Å². The molecular weight excluding hydrogens is 350 g/mol. The first-order valence-corrected chi connectivity index (χ1v) is 9.00. The van der Waals surface area contributed by atoms with Crippen LogP contribution in [0.1, 0.15) is 18.2 Å². The molecule has 0 unspecified atom stereocenters. The van der Waals surface area contributed by atoms with Gasteiger partial charge in [-0.15, -0.1) is 0 Å². The number of nitrogens with zero attached hydrogens (tertiary/aromatic N) is 3. The lowest BCUT2D eigenvalue weighted by Crippen LogP contribution is -2.05. The number of fused-ring (bicyclic) bond motifs is 1. The predicted octanol–water partition coefficient (Wildman–Crippen LogP) is 3.75. The number of aryl methyl sites for hydroxylation is 1. The third-order valence-electron chi connectivity index (χ3n) is 4.55. The van der Waals surface area contributed by atoms with Gasteiger partial charge in [-0.1, -0.05) is 25.1 Å². The molecule has 1 amide bonds. The Morgan fingerprint density at radius 3 is 2.86 bits per heavy atom. The average Bonchev–Trinajstić information content (AvgIpc) is 3.16. The molecule has 6 nitrogen and oxygen atoms in total. The summed E-state index contributed by atoms with van der Waals surface area (Å²) >= 11 is 0. The highest BCUT2D eigenvalue weighted by molar-refractivity contribution is 5.95. The SMILES string of the molecule is CCc1cc(-c2c[nH]c3ncc(-c4cccc(/C=C/C(N)=O)c4)cc23)ncn1. The number of carbonyl (C=O) groups excluding carboxylic acids is 1. The van der Waals surface area contributed by atoms with E-state index in [4.69, 9.17) is 5.73 Å². The molecule has 1 aromatic carbocycles. The number of carbonyl (C=O) groups is 1. The van der Waals surface area contributed by atoms with Crippen molar-refractivity contribution in [2.45, 2.75) is 13.3 Å². The number of hydrogen-bond donors (Lipinski definition) is 2. The normalized spacial score (nSPS) is 11.3. The zero-order valence-electron chi connectivity index (χ0n) is 15.4. The molecule has 0 fully saturated rings. The third kappa shape index (κ3) is 3.53. The van der Waals surface area contributed by atoms with Crippen molar-refractivity contribution in [1.82, 2.24) is 19.9 Å². The second kappa shape index (κ2) is 7.44. The molecule has 0 bridgehead atoms. The van der Waals surface area contributed by atoms with Crippen LogP contribution >= 0.6 is 0 Å². The molecule has 3 heterocycles. The minimum Gasteiger partial charge on any atom is -0.366 e. The van der Waals surface area contributed by atoms with Crippen molar-refractivity contribution in [3.63, 3.8) is 0 Å². The van der Waals surface area contributed by atoms with Gasteiger partial charge in [0.15, 0.2) is 0 Å². The first-order valence-electron chi connectivity index (χ1n) is 9.00. The highest BCUT2D eigenvalue weighted by Crippen LogP contribution is 2.30. The van der Waals surface area contributed by atoms with Crippen LogP contribution in [0.15, 0.2) is 61.2 Å². The van der Waals surface area contributed by atoms with Gasteiger partial charge in [-0.2, -0.15) is 0 Å². The molecule has 4 aromatic rings. The molecule has 0 aliphatic heterocycles. The van der Waals surface area contributed by atoms with Crippen molar-refractivity contribution in [2.24, 2.45) is 5.73 Å². The van der Waals surface area contributed by atoms with E-state index in [1.807, 2.05) is 42.7 Å². The molecule has 0 spiro atoms. The third-order valence-corrected chi connectivity index (χ3v) is 4.55. The van der Waals surface area contributed by atoms with Crippen LogP contribution in [0.25, 0.3) is 39.5 Å². The fourth-order valence-electron chi connectivity index (χ4n) is 3.11. The molecule has 138 valence electrons. The maximum absolute atomic E-state index is 11.0. The summed E-state index contributed by atoms with van der Waals surface area (Å²) in [7, 11) is 0. The van der Waals surface area contributed by atoms with E-state index in [0.29, 0.717) is 0 Å². The van der Waals surface area contributed by atoms with Gasteiger partial charge in [0.1, 0.15) is 12.0 Å². The summed E-state index contributed by atoms with van der Waals surface area (Å²) in [5.41, 5.74) is 11.7. The van der Waals surface area contributed by atoms with Gasteiger partial charge in [-0.3, -0.25) is 4.79 Å². The highest BCUT2D eigenvalue weighted by Gasteiger charge is 2.11. The number of nitrogens with one attached hydrogen (secondary N) is 1. The summed E-state index contributed by atoms with van der Waals surface area (Å²) in [5.74, 6) is -0.471. The van der Waals surface area contributed by atoms with Crippen molar-refractivity contribution >= 4 is 23.0 Å². The molecular formula is C22H19N5O. The van der Waals surface area contributed by atoms with Gasteiger partial charge in [-0.05, 0) is 41.8 Å². The maximum atomic E-state index is 11.0. The number of nitrogens with two attached hydrogens (primary N) is 1. The van der Waals surface area contributed by atoms with Crippen LogP contribution in [0, 0.1) is 0 Å². The molecule has 0 atom stereocenters.